The molecule has 1 N–H and O–H groups in total. The first-order valence-electron chi connectivity index (χ1n) is 8.49. The van der Waals surface area contributed by atoms with E-state index in [4.69, 9.17) is 16.0 Å². The van der Waals surface area contributed by atoms with Crippen LogP contribution in [0.25, 0.3) is 22.1 Å². The molecule has 1 amide bonds. The number of fused-ring (bicyclic) bond motifs is 3. The fourth-order valence-corrected chi connectivity index (χ4v) is 3.19. The molecule has 0 aliphatic rings. The summed E-state index contributed by atoms with van der Waals surface area (Å²) >= 11 is 5.95. The highest BCUT2D eigenvalue weighted by atomic mass is 35.5. The molecule has 0 spiro atoms. The molecule has 6 nitrogen and oxygen atoms in total. The van der Waals surface area contributed by atoms with Crippen LogP contribution >= 0.6 is 11.6 Å². The zero-order valence-electron chi connectivity index (χ0n) is 14.3. The molecule has 2 heterocycles. The van der Waals surface area contributed by atoms with Crippen molar-refractivity contribution in [1.29, 1.82) is 0 Å². The number of nitrogens with one attached hydrogen (secondary N) is 1. The van der Waals surface area contributed by atoms with E-state index in [1.165, 1.54) is 10.9 Å². The number of rotatable bonds is 5. The molecule has 0 aliphatic heterocycles. The van der Waals surface area contributed by atoms with Crippen LogP contribution in [0.1, 0.15) is 5.56 Å². The van der Waals surface area contributed by atoms with Gasteiger partial charge in [-0.2, -0.15) is 0 Å². The Bertz CT molecular complexity index is 1200. The lowest BCUT2D eigenvalue weighted by atomic mass is 10.1. The van der Waals surface area contributed by atoms with Crippen LogP contribution in [0.4, 0.5) is 0 Å². The van der Waals surface area contributed by atoms with E-state index in [-0.39, 0.29) is 23.6 Å². The van der Waals surface area contributed by atoms with Gasteiger partial charge in [0.2, 0.25) is 11.5 Å². The normalized spacial score (nSPS) is 11.1. The van der Waals surface area contributed by atoms with E-state index in [1.807, 2.05) is 36.4 Å². The maximum absolute atomic E-state index is 12.6. The van der Waals surface area contributed by atoms with Gasteiger partial charge in [-0.15, -0.1) is 0 Å². The average Bonchev–Trinajstić information content (AvgIpc) is 3.04. The van der Waals surface area contributed by atoms with Gasteiger partial charge in [-0.25, -0.2) is 4.98 Å². The van der Waals surface area contributed by atoms with Gasteiger partial charge in [0.1, 0.15) is 17.6 Å². The van der Waals surface area contributed by atoms with E-state index in [1.54, 1.807) is 12.1 Å². The van der Waals surface area contributed by atoms with E-state index in [0.29, 0.717) is 29.1 Å². The molecule has 4 rings (SSSR count). The van der Waals surface area contributed by atoms with Gasteiger partial charge in [-0.1, -0.05) is 35.9 Å². The Hall–Kier alpha value is -3.12. The van der Waals surface area contributed by atoms with Gasteiger partial charge >= 0.3 is 0 Å². The van der Waals surface area contributed by atoms with Crippen LogP contribution in [0.3, 0.4) is 0 Å². The van der Waals surface area contributed by atoms with Crippen molar-refractivity contribution in [2.24, 2.45) is 0 Å². The lowest BCUT2D eigenvalue weighted by Crippen LogP contribution is -2.33. The number of hydrogen-bond donors (Lipinski definition) is 1. The SMILES string of the molecule is O=C(Cn1cnc2c(oc3ccccc32)c1=O)NCCc1cccc(Cl)c1. The van der Waals surface area contributed by atoms with Crippen molar-refractivity contribution in [1.82, 2.24) is 14.9 Å². The van der Waals surface area contributed by atoms with Gasteiger partial charge in [0, 0.05) is 17.0 Å². The highest BCUT2D eigenvalue weighted by Crippen LogP contribution is 2.23. The zero-order chi connectivity index (χ0) is 18.8. The van der Waals surface area contributed by atoms with Crippen LogP contribution in [0.15, 0.2) is 64.1 Å². The molecule has 2 aromatic carbocycles. The molecular weight excluding hydrogens is 366 g/mol. The van der Waals surface area contributed by atoms with Gasteiger partial charge in [0.15, 0.2) is 0 Å². The van der Waals surface area contributed by atoms with Gasteiger partial charge in [-0.05, 0) is 36.2 Å². The van der Waals surface area contributed by atoms with Crippen molar-refractivity contribution in [3.63, 3.8) is 0 Å². The highest BCUT2D eigenvalue weighted by Gasteiger charge is 2.14. The molecule has 0 unspecified atom stereocenters. The Labute approximate surface area is 159 Å². The van der Waals surface area contributed by atoms with E-state index >= 15 is 0 Å². The van der Waals surface area contributed by atoms with E-state index < -0.39 is 0 Å². The van der Waals surface area contributed by atoms with Crippen molar-refractivity contribution in [2.75, 3.05) is 6.54 Å². The predicted octanol–water partition coefficient (Wildman–Crippen LogP) is 3.16. The van der Waals surface area contributed by atoms with Crippen LogP contribution in [0, 0.1) is 0 Å². The second-order valence-electron chi connectivity index (χ2n) is 6.18. The highest BCUT2D eigenvalue weighted by molar-refractivity contribution is 6.30. The standard InChI is InChI=1S/C20H16ClN3O3/c21-14-5-3-4-13(10-14)8-9-22-17(25)11-24-12-23-18-15-6-1-2-7-16(15)27-19(18)20(24)26/h1-7,10,12H,8-9,11H2,(H,22,25). The van der Waals surface area contributed by atoms with E-state index in [2.05, 4.69) is 10.3 Å². The summed E-state index contributed by atoms with van der Waals surface area (Å²) in [6, 6.07) is 14.8. The first-order valence-corrected chi connectivity index (χ1v) is 8.87. The fourth-order valence-electron chi connectivity index (χ4n) is 2.98. The minimum Gasteiger partial charge on any atom is -0.448 e. The largest absolute Gasteiger partial charge is 0.448 e. The lowest BCUT2D eigenvalue weighted by Gasteiger charge is -2.07. The van der Waals surface area contributed by atoms with Crippen LogP contribution in [0.5, 0.6) is 0 Å². The monoisotopic (exact) mass is 381 g/mol. The van der Waals surface area contributed by atoms with Crippen LogP contribution < -0.4 is 10.9 Å². The Morgan fingerprint density at radius 3 is 2.89 bits per heavy atom. The third-order valence-corrected chi connectivity index (χ3v) is 4.52. The second kappa shape index (κ2) is 7.25. The maximum Gasteiger partial charge on any atom is 0.297 e. The topological polar surface area (TPSA) is 77.1 Å². The minimum atomic E-state index is -0.374. The Morgan fingerprint density at radius 2 is 2.04 bits per heavy atom. The number of benzene rings is 2. The van der Waals surface area contributed by atoms with E-state index in [0.717, 1.165) is 10.9 Å². The van der Waals surface area contributed by atoms with Gasteiger partial charge in [-0.3, -0.25) is 14.2 Å². The van der Waals surface area contributed by atoms with Crippen LogP contribution in [0.2, 0.25) is 5.02 Å². The zero-order valence-corrected chi connectivity index (χ0v) is 15.1. The Kier molecular flexibility index (Phi) is 4.64. The number of para-hydroxylation sites is 1. The summed E-state index contributed by atoms with van der Waals surface area (Å²) in [5, 5.41) is 4.24. The number of nitrogens with zero attached hydrogens (tertiary/aromatic N) is 2. The van der Waals surface area contributed by atoms with Crippen molar-refractivity contribution >= 4 is 39.6 Å². The molecule has 0 saturated heterocycles. The number of aromatic nitrogens is 2. The molecule has 136 valence electrons. The molecule has 0 aliphatic carbocycles. The minimum absolute atomic E-state index is 0.117. The summed E-state index contributed by atoms with van der Waals surface area (Å²) < 4.78 is 6.87. The predicted molar refractivity (Wildman–Crippen MR) is 104 cm³/mol. The number of amides is 1. The molecular formula is C20H16ClN3O3. The summed E-state index contributed by atoms with van der Waals surface area (Å²) in [5.41, 5.74) is 1.92. The molecule has 4 aromatic rings. The molecule has 0 bridgehead atoms. The van der Waals surface area contributed by atoms with Gasteiger partial charge in [0.05, 0.1) is 6.33 Å². The summed E-state index contributed by atoms with van der Waals surface area (Å²) in [6.07, 6.45) is 2.03. The number of halogens is 1. The summed E-state index contributed by atoms with van der Waals surface area (Å²) in [6.45, 7) is 0.336. The van der Waals surface area contributed by atoms with Crippen molar-refractivity contribution in [3.8, 4) is 0 Å². The first kappa shape index (κ1) is 17.3. The van der Waals surface area contributed by atoms with E-state index in [9.17, 15) is 9.59 Å². The lowest BCUT2D eigenvalue weighted by molar-refractivity contribution is -0.121. The first-order chi connectivity index (χ1) is 13.1. The summed E-state index contributed by atoms with van der Waals surface area (Å²) in [4.78, 5) is 29.1. The number of furan rings is 1. The third-order valence-electron chi connectivity index (χ3n) is 4.29. The van der Waals surface area contributed by atoms with Crippen LogP contribution in [-0.2, 0) is 17.8 Å². The molecule has 7 heteroatoms. The second-order valence-corrected chi connectivity index (χ2v) is 6.62. The molecule has 0 fully saturated rings. The van der Waals surface area contributed by atoms with Crippen molar-refractivity contribution < 1.29 is 9.21 Å². The summed E-state index contributed by atoms with van der Waals surface area (Å²) in [7, 11) is 0. The Morgan fingerprint density at radius 1 is 1.19 bits per heavy atom. The maximum atomic E-state index is 12.6. The van der Waals surface area contributed by atoms with Gasteiger partial charge < -0.3 is 9.73 Å². The molecule has 2 aromatic heterocycles. The molecule has 0 radical (unpaired) electrons. The molecule has 0 saturated carbocycles. The quantitative estimate of drug-likeness (QED) is 0.576. The smallest absolute Gasteiger partial charge is 0.297 e. The third kappa shape index (κ3) is 3.57. The molecule has 27 heavy (non-hydrogen) atoms. The summed E-state index contributed by atoms with van der Waals surface area (Å²) in [5.74, 6) is -0.267. The number of carbonyl (C=O) groups is 1. The van der Waals surface area contributed by atoms with Crippen LogP contribution in [-0.4, -0.2) is 22.0 Å². The molecule has 0 atom stereocenters. The van der Waals surface area contributed by atoms with Gasteiger partial charge in [0.25, 0.3) is 5.56 Å². The van der Waals surface area contributed by atoms with Crippen molar-refractivity contribution in [2.45, 2.75) is 13.0 Å². The van der Waals surface area contributed by atoms with Crippen molar-refractivity contribution in [3.05, 3.63) is 75.8 Å². The average molecular weight is 382 g/mol. The number of hydrogen-bond acceptors (Lipinski definition) is 4. The fraction of sp³-hybridized carbons (Fsp3) is 0.150. The Balaban J connectivity index is 1.46. The number of carbonyl (C=O) groups excluding carboxylic acids is 1.